The van der Waals surface area contributed by atoms with Crippen molar-refractivity contribution in [1.29, 1.82) is 0 Å². The lowest BCUT2D eigenvalue weighted by atomic mass is 9.81. The smallest absolute Gasteiger partial charge is 0.355 e. The molecule has 2 aromatic rings. The van der Waals surface area contributed by atoms with Crippen molar-refractivity contribution >= 4 is 27.4 Å². The summed E-state index contributed by atoms with van der Waals surface area (Å²) in [7, 11) is 0. The molecule has 4 nitrogen and oxygen atoms in total. The van der Waals surface area contributed by atoms with Gasteiger partial charge in [0, 0.05) is 36.5 Å². The van der Waals surface area contributed by atoms with Gasteiger partial charge in [0.05, 0.1) is 11.8 Å². The van der Waals surface area contributed by atoms with E-state index < -0.39 is 12.6 Å². The van der Waals surface area contributed by atoms with E-state index in [0.29, 0.717) is 20.9 Å². The molecule has 23 heavy (non-hydrogen) atoms. The van der Waals surface area contributed by atoms with Crippen molar-refractivity contribution in [3.63, 3.8) is 0 Å². The Bertz CT molecular complexity index is 751. The number of fused-ring (bicyclic) bond motifs is 1. The summed E-state index contributed by atoms with van der Waals surface area (Å²) in [5, 5.41) is 4.07. The van der Waals surface area contributed by atoms with Gasteiger partial charge in [-0.05, 0) is 19.4 Å². The van der Waals surface area contributed by atoms with Gasteiger partial charge in [0.15, 0.2) is 0 Å². The molecule has 0 amide bonds. The van der Waals surface area contributed by atoms with E-state index in [9.17, 15) is 13.2 Å². The first-order valence-electron chi connectivity index (χ1n) is 7.63. The van der Waals surface area contributed by atoms with E-state index in [1.165, 1.54) is 0 Å². The Morgan fingerprint density at radius 2 is 2.13 bits per heavy atom. The molecule has 2 saturated heterocycles. The van der Waals surface area contributed by atoms with Crippen LogP contribution in [0.5, 0.6) is 0 Å². The quantitative estimate of drug-likeness (QED) is 0.911. The van der Waals surface area contributed by atoms with Crippen molar-refractivity contribution in [2.45, 2.75) is 25.9 Å². The number of hydrogen-bond acceptors (Lipinski definition) is 5. The number of halogens is 3. The number of alkyl halides is 3. The third-order valence-corrected chi connectivity index (χ3v) is 5.68. The average molecular weight is 342 g/mol. The lowest BCUT2D eigenvalue weighted by Crippen LogP contribution is -2.54. The summed E-state index contributed by atoms with van der Waals surface area (Å²) >= 11 is 1.12. The summed E-state index contributed by atoms with van der Waals surface area (Å²) in [6.45, 7) is 5.63. The number of rotatable bonds is 2. The summed E-state index contributed by atoms with van der Waals surface area (Å²) in [6.07, 6.45) is -4.00. The summed E-state index contributed by atoms with van der Waals surface area (Å²) in [5.74, 6) is 1.40. The zero-order chi connectivity index (χ0) is 16.2. The number of hydrogen-bond donors (Lipinski definition) is 1. The van der Waals surface area contributed by atoms with Crippen molar-refractivity contribution < 1.29 is 13.2 Å². The highest BCUT2D eigenvalue weighted by Gasteiger charge is 2.43. The molecule has 124 valence electrons. The molecule has 2 aromatic heterocycles. The Morgan fingerprint density at radius 1 is 1.35 bits per heavy atom. The normalized spacial score (nSPS) is 20.4. The molecule has 0 radical (unpaired) electrons. The molecule has 2 fully saturated rings. The van der Waals surface area contributed by atoms with E-state index in [4.69, 9.17) is 0 Å². The van der Waals surface area contributed by atoms with Gasteiger partial charge in [-0.25, -0.2) is 9.97 Å². The Balaban J connectivity index is 1.71. The number of aromatic nitrogens is 2. The van der Waals surface area contributed by atoms with Crippen LogP contribution in [0.1, 0.15) is 17.1 Å². The summed E-state index contributed by atoms with van der Waals surface area (Å²) in [4.78, 5) is 12.0. The Kier molecular flexibility index (Phi) is 3.32. The van der Waals surface area contributed by atoms with Gasteiger partial charge in [-0.2, -0.15) is 13.2 Å². The van der Waals surface area contributed by atoms with Crippen LogP contribution in [0.4, 0.5) is 19.0 Å². The number of thiophene rings is 1. The van der Waals surface area contributed by atoms with E-state index in [-0.39, 0.29) is 0 Å². The zero-order valence-corrected chi connectivity index (χ0v) is 13.5. The first-order chi connectivity index (χ1) is 10.8. The molecule has 8 heteroatoms. The minimum atomic E-state index is -4.20. The van der Waals surface area contributed by atoms with Crippen molar-refractivity contribution in [2.24, 2.45) is 5.41 Å². The summed E-state index contributed by atoms with van der Waals surface area (Å²) in [5.41, 5.74) is 0.315. The van der Waals surface area contributed by atoms with Crippen LogP contribution < -0.4 is 10.2 Å². The van der Waals surface area contributed by atoms with Gasteiger partial charge in [-0.15, -0.1) is 11.3 Å². The molecular formula is C15H17F3N4S. The Morgan fingerprint density at radius 3 is 2.74 bits per heavy atom. The first-order valence-corrected chi connectivity index (χ1v) is 8.45. The monoisotopic (exact) mass is 342 g/mol. The van der Waals surface area contributed by atoms with Gasteiger partial charge < -0.3 is 10.2 Å². The molecule has 4 rings (SSSR count). The number of nitrogens with one attached hydrogen (secondary N) is 1. The SMILES string of the molecule is Cc1nc(N2CCC3(CNC3)C2)c2cc(CC(F)(F)F)sc2n1. The largest absolute Gasteiger partial charge is 0.393 e. The highest BCUT2D eigenvalue weighted by Crippen LogP contribution is 2.40. The predicted molar refractivity (Wildman–Crippen MR) is 84.0 cm³/mol. The van der Waals surface area contributed by atoms with Crippen LogP contribution in [0.3, 0.4) is 0 Å². The van der Waals surface area contributed by atoms with Gasteiger partial charge in [-0.3, -0.25) is 0 Å². The van der Waals surface area contributed by atoms with Gasteiger partial charge in [0.1, 0.15) is 16.5 Å². The third kappa shape index (κ3) is 2.78. The fourth-order valence-electron chi connectivity index (χ4n) is 3.47. The van der Waals surface area contributed by atoms with E-state index in [0.717, 1.165) is 55.1 Å². The van der Waals surface area contributed by atoms with Crippen LogP contribution in [-0.2, 0) is 6.42 Å². The summed E-state index contributed by atoms with van der Waals surface area (Å²) in [6, 6.07) is 1.62. The minimum absolute atomic E-state index is 0.299. The molecule has 0 aliphatic carbocycles. The third-order valence-electron chi connectivity index (χ3n) is 4.65. The second kappa shape index (κ2) is 5.04. The van der Waals surface area contributed by atoms with Crippen molar-refractivity contribution in [3.05, 3.63) is 16.8 Å². The molecule has 1 spiro atoms. The second-order valence-corrected chi connectivity index (χ2v) is 7.71. The molecule has 2 aliphatic rings. The van der Waals surface area contributed by atoms with Gasteiger partial charge in [0.2, 0.25) is 0 Å². The molecule has 4 heterocycles. The molecule has 0 aromatic carbocycles. The highest BCUT2D eigenvalue weighted by molar-refractivity contribution is 7.18. The van der Waals surface area contributed by atoms with Crippen molar-refractivity contribution in [1.82, 2.24) is 15.3 Å². The van der Waals surface area contributed by atoms with E-state index in [1.807, 2.05) is 0 Å². The van der Waals surface area contributed by atoms with Gasteiger partial charge >= 0.3 is 6.18 Å². The van der Waals surface area contributed by atoms with E-state index in [2.05, 4.69) is 20.2 Å². The standard InChI is InChI=1S/C15H17F3N4S/c1-9-20-12(22-3-2-14(8-22)6-19-7-14)11-4-10(5-15(16,17)18)23-13(11)21-9/h4,19H,2-3,5-8H2,1H3. The molecule has 1 N–H and O–H groups in total. The second-order valence-electron chi connectivity index (χ2n) is 6.59. The van der Waals surface area contributed by atoms with Crippen LogP contribution >= 0.6 is 11.3 Å². The number of nitrogens with zero attached hydrogens (tertiary/aromatic N) is 3. The topological polar surface area (TPSA) is 41.1 Å². The van der Waals surface area contributed by atoms with Crippen LogP contribution in [0.2, 0.25) is 0 Å². The lowest BCUT2D eigenvalue weighted by Gasteiger charge is -2.39. The molecular weight excluding hydrogens is 325 g/mol. The predicted octanol–water partition coefficient (Wildman–Crippen LogP) is 2.90. The number of anilines is 1. The van der Waals surface area contributed by atoms with Crippen LogP contribution in [0.15, 0.2) is 6.07 Å². The lowest BCUT2D eigenvalue weighted by molar-refractivity contribution is -0.126. The first kappa shape index (κ1) is 15.1. The maximum atomic E-state index is 12.7. The summed E-state index contributed by atoms with van der Waals surface area (Å²) < 4.78 is 38.0. The van der Waals surface area contributed by atoms with Crippen LogP contribution in [0, 0.1) is 12.3 Å². The fourth-order valence-corrected chi connectivity index (χ4v) is 4.57. The van der Waals surface area contributed by atoms with Crippen LogP contribution in [-0.4, -0.2) is 42.3 Å². The molecule has 0 unspecified atom stereocenters. The maximum Gasteiger partial charge on any atom is 0.393 e. The van der Waals surface area contributed by atoms with E-state index in [1.54, 1.807) is 13.0 Å². The van der Waals surface area contributed by atoms with Gasteiger partial charge in [0.25, 0.3) is 0 Å². The average Bonchev–Trinajstić information content (AvgIpc) is 2.98. The number of aryl methyl sites for hydroxylation is 1. The zero-order valence-electron chi connectivity index (χ0n) is 12.7. The van der Waals surface area contributed by atoms with Crippen molar-refractivity contribution in [2.75, 3.05) is 31.1 Å². The molecule has 0 bridgehead atoms. The molecule has 2 aliphatic heterocycles. The minimum Gasteiger partial charge on any atom is -0.355 e. The fraction of sp³-hybridized carbons (Fsp3) is 0.600. The Labute approximate surface area is 135 Å². The molecule has 0 saturated carbocycles. The van der Waals surface area contributed by atoms with Gasteiger partial charge in [-0.1, -0.05) is 0 Å². The maximum absolute atomic E-state index is 12.7. The van der Waals surface area contributed by atoms with Crippen molar-refractivity contribution in [3.8, 4) is 0 Å². The Hall–Kier alpha value is -1.41. The van der Waals surface area contributed by atoms with Crippen LogP contribution in [0.25, 0.3) is 10.2 Å². The van der Waals surface area contributed by atoms with E-state index >= 15 is 0 Å². The molecule has 0 atom stereocenters. The highest BCUT2D eigenvalue weighted by atomic mass is 32.1.